The lowest BCUT2D eigenvalue weighted by Gasteiger charge is -2.41. The van der Waals surface area contributed by atoms with Gasteiger partial charge in [0.2, 0.25) is 29.5 Å². The lowest BCUT2D eigenvalue weighted by atomic mass is 9.89. The highest BCUT2D eigenvalue weighted by molar-refractivity contribution is 5.93. The van der Waals surface area contributed by atoms with E-state index in [1.807, 2.05) is 71.9 Å². The predicted molar refractivity (Wildman–Crippen MR) is 222 cm³/mol. The van der Waals surface area contributed by atoms with Crippen molar-refractivity contribution in [1.29, 1.82) is 0 Å². The van der Waals surface area contributed by atoms with Crippen molar-refractivity contribution in [2.24, 2.45) is 29.4 Å². The number of carbonyl (C=O) groups is 6. The van der Waals surface area contributed by atoms with Crippen LogP contribution in [-0.4, -0.2) is 141 Å². The Bertz CT molecular complexity index is 1510. The molecule has 15 nitrogen and oxygen atoms in total. The number of nitrogens with one attached hydrogen (secondary N) is 2. The minimum Gasteiger partial charge on any atom is -0.467 e. The van der Waals surface area contributed by atoms with Crippen molar-refractivity contribution >= 4 is 35.5 Å². The van der Waals surface area contributed by atoms with Crippen LogP contribution in [0.1, 0.15) is 86.6 Å². The number of nitrogens with two attached hydrogens (primary N) is 1. The first kappa shape index (κ1) is 50.1. The maximum absolute atomic E-state index is 14.4. The topological polar surface area (TPSA) is 190 Å². The second-order valence-corrected chi connectivity index (χ2v) is 16.5. The fraction of sp³-hybridized carbons (Fsp3) is 0.721. The number of hydrogen-bond donors (Lipinski definition) is 3. The van der Waals surface area contributed by atoms with Crippen LogP contribution in [-0.2, 0) is 49.4 Å². The molecule has 0 radical (unpaired) electrons. The van der Waals surface area contributed by atoms with E-state index in [4.69, 9.17) is 19.9 Å². The summed E-state index contributed by atoms with van der Waals surface area (Å²) in [4.78, 5) is 86.2. The van der Waals surface area contributed by atoms with Gasteiger partial charge >= 0.3 is 5.97 Å². The summed E-state index contributed by atoms with van der Waals surface area (Å²) >= 11 is 0. The van der Waals surface area contributed by atoms with Gasteiger partial charge in [0.1, 0.15) is 18.1 Å². The van der Waals surface area contributed by atoms with Crippen molar-refractivity contribution in [3.63, 3.8) is 0 Å². The van der Waals surface area contributed by atoms with Crippen LogP contribution in [0, 0.1) is 23.7 Å². The molecular weight excluding hydrogens is 745 g/mol. The molecule has 1 aromatic carbocycles. The van der Waals surface area contributed by atoms with E-state index in [0.29, 0.717) is 25.8 Å². The molecule has 328 valence electrons. The van der Waals surface area contributed by atoms with Crippen molar-refractivity contribution in [1.82, 2.24) is 25.3 Å². The Morgan fingerprint density at radius 2 is 1.47 bits per heavy atom. The predicted octanol–water partition coefficient (Wildman–Crippen LogP) is 2.78. The number of methoxy groups -OCH3 is 3. The zero-order valence-corrected chi connectivity index (χ0v) is 37.2. The van der Waals surface area contributed by atoms with Crippen LogP contribution in [0.4, 0.5) is 0 Å². The van der Waals surface area contributed by atoms with Gasteiger partial charge in [0.25, 0.3) is 0 Å². The van der Waals surface area contributed by atoms with E-state index in [1.54, 1.807) is 30.7 Å². The number of rotatable bonds is 22. The average molecular weight is 817 g/mol. The number of carbonyl (C=O) groups excluding carboxylic acids is 6. The van der Waals surface area contributed by atoms with E-state index in [1.165, 1.54) is 33.3 Å². The second kappa shape index (κ2) is 23.5. The zero-order chi connectivity index (χ0) is 44.0. The highest BCUT2D eigenvalue weighted by Gasteiger charge is 2.44. The molecule has 0 saturated carbocycles. The standard InChI is InChI=1S/C43H72N6O9/c1-14-27(6)37(48(10)42(54)35(25(2)3)46-40(52)36(26(4)5)47(9)41(53)29(8)44)33(56-11)24-34(50)49-22-18-21-32(49)38(57-12)28(7)39(51)45-31(43(55)58-13)23-30-19-16-15-17-20-30/h15-17,19-20,25-29,31-33,35-38H,14,18,21-24,44H2,1-13H3,(H,45,51)(H,46,52)/t27-,28+,29-,31-,32-,33+,35-,36-,37-,38+/m0/s1. The number of likely N-dealkylation sites (tertiary alicyclic amines) is 1. The van der Waals surface area contributed by atoms with Gasteiger partial charge in [-0.25, -0.2) is 4.79 Å². The fourth-order valence-corrected chi connectivity index (χ4v) is 8.15. The van der Waals surface area contributed by atoms with Crippen LogP contribution in [0.15, 0.2) is 30.3 Å². The quantitative estimate of drug-likeness (QED) is 0.147. The number of hydrogen-bond acceptors (Lipinski definition) is 10. The Morgan fingerprint density at radius 3 is 1.97 bits per heavy atom. The third-order valence-electron chi connectivity index (χ3n) is 11.6. The molecule has 15 heteroatoms. The first-order valence-electron chi connectivity index (χ1n) is 20.6. The minimum atomic E-state index is -0.929. The average Bonchev–Trinajstić information content (AvgIpc) is 3.68. The lowest BCUT2D eigenvalue weighted by molar-refractivity contribution is -0.149. The first-order chi connectivity index (χ1) is 27.3. The van der Waals surface area contributed by atoms with Gasteiger partial charge in [-0.2, -0.15) is 0 Å². The molecule has 0 aliphatic carbocycles. The fourth-order valence-electron chi connectivity index (χ4n) is 8.15. The number of nitrogens with zero attached hydrogens (tertiary/aromatic N) is 3. The number of benzene rings is 1. The van der Waals surface area contributed by atoms with E-state index in [0.717, 1.165) is 5.56 Å². The monoisotopic (exact) mass is 817 g/mol. The largest absolute Gasteiger partial charge is 0.467 e. The van der Waals surface area contributed by atoms with E-state index in [-0.39, 0.29) is 48.3 Å². The summed E-state index contributed by atoms with van der Waals surface area (Å²) < 4.78 is 16.9. The Hall–Kier alpha value is -4.08. The SMILES string of the molecule is CC[C@H](C)[C@@H]([C@@H](CC(=O)N1CCC[C@H]1[C@H](OC)[C@@H](C)C(=O)N[C@@H](Cc1ccccc1)C(=O)OC)OC)N(C)C(=O)[C@@H](NC(=O)[C@H](C(C)C)N(C)C(=O)[C@H](C)N)C(C)C. The van der Waals surface area contributed by atoms with E-state index in [9.17, 15) is 28.8 Å². The van der Waals surface area contributed by atoms with Gasteiger partial charge in [-0.05, 0) is 43.1 Å². The summed E-state index contributed by atoms with van der Waals surface area (Å²) in [6.45, 7) is 15.1. The number of amides is 5. The van der Waals surface area contributed by atoms with Crippen LogP contribution < -0.4 is 16.4 Å². The molecule has 4 N–H and O–H groups in total. The van der Waals surface area contributed by atoms with Crippen LogP contribution >= 0.6 is 0 Å². The highest BCUT2D eigenvalue weighted by atomic mass is 16.5. The summed E-state index contributed by atoms with van der Waals surface area (Å²) in [6.07, 6.45) is 0.804. The van der Waals surface area contributed by atoms with E-state index < -0.39 is 72.2 Å². The summed E-state index contributed by atoms with van der Waals surface area (Å²) in [5.41, 5.74) is 6.71. The molecule has 0 bridgehead atoms. The molecule has 1 heterocycles. The Kier molecular flexibility index (Phi) is 20.3. The molecular formula is C43H72N6O9. The molecule has 1 fully saturated rings. The van der Waals surface area contributed by atoms with Gasteiger partial charge in [0.15, 0.2) is 0 Å². The van der Waals surface area contributed by atoms with Gasteiger partial charge in [0, 0.05) is 41.3 Å². The molecule has 0 unspecified atom stereocenters. The van der Waals surface area contributed by atoms with Gasteiger partial charge in [-0.1, -0.05) is 85.2 Å². The van der Waals surface area contributed by atoms with Gasteiger partial charge in [0.05, 0.1) is 49.8 Å². The maximum atomic E-state index is 14.4. The number of ether oxygens (including phenoxy) is 3. The molecule has 1 saturated heterocycles. The normalized spacial score (nSPS) is 18.9. The molecule has 2 rings (SSSR count). The molecule has 1 aromatic rings. The first-order valence-corrected chi connectivity index (χ1v) is 20.6. The summed E-state index contributed by atoms with van der Waals surface area (Å²) in [5.74, 6) is -3.75. The molecule has 0 spiro atoms. The molecule has 58 heavy (non-hydrogen) atoms. The smallest absolute Gasteiger partial charge is 0.328 e. The van der Waals surface area contributed by atoms with Crippen molar-refractivity contribution in [3.05, 3.63) is 35.9 Å². The molecule has 5 amide bonds. The van der Waals surface area contributed by atoms with Crippen LogP contribution in [0.2, 0.25) is 0 Å². The van der Waals surface area contributed by atoms with Crippen molar-refractivity contribution in [3.8, 4) is 0 Å². The van der Waals surface area contributed by atoms with Crippen LogP contribution in [0.25, 0.3) is 0 Å². The number of esters is 1. The summed E-state index contributed by atoms with van der Waals surface area (Å²) in [5, 5.41) is 5.78. The Balaban J connectivity index is 2.31. The van der Waals surface area contributed by atoms with Crippen LogP contribution in [0.3, 0.4) is 0 Å². The maximum Gasteiger partial charge on any atom is 0.328 e. The zero-order valence-electron chi connectivity index (χ0n) is 37.2. The summed E-state index contributed by atoms with van der Waals surface area (Å²) in [7, 11) is 7.51. The second-order valence-electron chi connectivity index (χ2n) is 16.5. The van der Waals surface area contributed by atoms with Crippen molar-refractivity contribution in [2.75, 3.05) is 42.0 Å². The molecule has 0 aromatic heterocycles. The lowest BCUT2D eigenvalue weighted by Crippen LogP contribution is -2.61. The van der Waals surface area contributed by atoms with Gasteiger partial charge in [-0.15, -0.1) is 0 Å². The van der Waals surface area contributed by atoms with Crippen LogP contribution in [0.5, 0.6) is 0 Å². The third kappa shape index (κ3) is 13.0. The third-order valence-corrected chi connectivity index (χ3v) is 11.6. The van der Waals surface area contributed by atoms with E-state index >= 15 is 0 Å². The Labute approximate surface area is 346 Å². The number of likely N-dealkylation sites (N-methyl/N-ethyl adjacent to an activating group) is 2. The molecule has 1 aliphatic rings. The minimum absolute atomic E-state index is 0.0452. The highest BCUT2D eigenvalue weighted by Crippen LogP contribution is 2.30. The van der Waals surface area contributed by atoms with Gasteiger partial charge < -0.3 is 45.3 Å². The van der Waals surface area contributed by atoms with Crippen molar-refractivity contribution < 1.29 is 43.0 Å². The molecule has 10 atom stereocenters. The van der Waals surface area contributed by atoms with E-state index in [2.05, 4.69) is 10.6 Å². The molecule has 1 aliphatic heterocycles. The summed E-state index contributed by atoms with van der Waals surface area (Å²) in [6, 6.07) is 4.87. The van der Waals surface area contributed by atoms with Gasteiger partial charge in [-0.3, -0.25) is 24.0 Å². The van der Waals surface area contributed by atoms with Crippen molar-refractivity contribution in [2.45, 2.75) is 136 Å². The Morgan fingerprint density at radius 1 is 0.845 bits per heavy atom.